The number of hydrogen-bond acceptors (Lipinski definition) is 1. The molecule has 1 nitrogen and oxygen atoms in total. The second-order valence-corrected chi connectivity index (χ2v) is 5.50. The smallest absolute Gasteiger partial charge is 0.0104 e. The minimum absolute atomic E-state index is 0.621. The van der Waals surface area contributed by atoms with Gasteiger partial charge in [-0.25, -0.2) is 0 Å². The molecule has 1 rings (SSSR count). The van der Waals surface area contributed by atoms with Crippen molar-refractivity contribution in [1.82, 2.24) is 5.32 Å². The lowest BCUT2D eigenvalue weighted by Gasteiger charge is -2.17. The lowest BCUT2D eigenvalue weighted by molar-refractivity contribution is 0.457. The largest absolute Gasteiger partial charge is 0.317 e. The first-order valence-electron chi connectivity index (χ1n) is 6.84. The van der Waals surface area contributed by atoms with Gasteiger partial charge >= 0.3 is 0 Å². The van der Waals surface area contributed by atoms with Crippen molar-refractivity contribution in [2.45, 2.75) is 52.5 Å². The third-order valence-electron chi connectivity index (χ3n) is 3.31. The molecule has 1 aromatic rings. The van der Waals surface area contributed by atoms with Gasteiger partial charge in [0.05, 0.1) is 0 Å². The van der Waals surface area contributed by atoms with Crippen molar-refractivity contribution in [3.05, 3.63) is 35.4 Å². The van der Waals surface area contributed by atoms with E-state index in [4.69, 9.17) is 0 Å². The molecule has 17 heavy (non-hydrogen) atoms. The standard InChI is InChI=1S/C16H27N/c1-13(2)7-5-10-16(17-4)12-15-9-6-8-14(3)11-15/h6,8-9,11,13,16-17H,5,7,10,12H2,1-4H3. The van der Waals surface area contributed by atoms with Gasteiger partial charge in [-0.2, -0.15) is 0 Å². The van der Waals surface area contributed by atoms with Crippen LogP contribution in [0.1, 0.15) is 44.2 Å². The third kappa shape index (κ3) is 5.88. The molecule has 1 unspecified atom stereocenters. The van der Waals surface area contributed by atoms with E-state index in [0.29, 0.717) is 6.04 Å². The molecule has 0 saturated carbocycles. The van der Waals surface area contributed by atoms with Crippen molar-refractivity contribution in [2.24, 2.45) is 5.92 Å². The maximum absolute atomic E-state index is 3.44. The van der Waals surface area contributed by atoms with Gasteiger partial charge in [0.2, 0.25) is 0 Å². The van der Waals surface area contributed by atoms with Crippen LogP contribution in [0.25, 0.3) is 0 Å². The minimum Gasteiger partial charge on any atom is -0.317 e. The first kappa shape index (κ1) is 14.2. The maximum Gasteiger partial charge on any atom is 0.0104 e. The lowest BCUT2D eigenvalue weighted by Crippen LogP contribution is -2.27. The van der Waals surface area contributed by atoms with Crippen molar-refractivity contribution in [3.63, 3.8) is 0 Å². The van der Waals surface area contributed by atoms with E-state index in [9.17, 15) is 0 Å². The lowest BCUT2D eigenvalue weighted by atomic mass is 9.97. The molecule has 0 radical (unpaired) electrons. The Kier molecular flexibility index (Phi) is 6.28. The summed E-state index contributed by atoms with van der Waals surface area (Å²) in [5, 5.41) is 3.44. The minimum atomic E-state index is 0.621. The highest BCUT2D eigenvalue weighted by Gasteiger charge is 2.07. The normalized spacial score (nSPS) is 13.0. The molecule has 1 aromatic carbocycles. The fourth-order valence-electron chi connectivity index (χ4n) is 2.24. The van der Waals surface area contributed by atoms with E-state index in [1.165, 1.54) is 30.4 Å². The van der Waals surface area contributed by atoms with Gasteiger partial charge in [-0.05, 0) is 38.3 Å². The Hall–Kier alpha value is -0.820. The van der Waals surface area contributed by atoms with Crippen LogP contribution in [0.3, 0.4) is 0 Å². The fraction of sp³-hybridized carbons (Fsp3) is 0.625. The van der Waals surface area contributed by atoms with Crippen LogP contribution in [-0.2, 0) is 6.42 Å². The highest BCUT2D eigenvalue weighted by Crippen LogP contribution is 2.13. The van der Waals surface area contributed by atoms with Crippen LogP contribution in [0, 0.1) is 12.8 Å². The van der Waals surface area contributed by atoms with Gasteiger partial charge in [0.1, 0.15) is 0 Å². The van der Waals surface area contributed by atoms with Crippen molar-refractivity contribution in [3.8, 4) is 0 Å². The molecule has 0 aliphatic rings. The van der Waals surface area contributed by atoms with Gasteiger partial charge in [0.25, 0.3) is 0 Å². The Bertz CT molecular complexity index is 317. The van der Waals surface area contributed by atoms with Crippen LogP contribution >= 0.6 is 0 Å². The summed E-state index contributed by atoms with van der Waals surface area (Å²) in [6.07, 6.45) is 5.10. The Morgan fingerprint density at radius 1 is 1.18 bits per heavy atom. The average Bonchev–Trinajstić information content (AvgIpc) is 2.27. The Balaban J connectivity index is 2.41. The fourth-order valence-corrected chi connectivity index (χ4v) is 2.24. The molecule has 0 heterocycles. The van der Waals surface area contributed by atoms with Crippen molar-refractivity contribution >= 4 is 0 Å². The number of likely N-dealkylation sites (N-methyl/N-ethyl adjacent to an activating group) is 1. The van der Waals surface area contributed by atoms with Crippen molar-refractivity contribution in [2.75, 3.05) is 7.05 Å². The van der Waals surface area contributed by atoms with Crippen LogP contribution in [0.2, 0.25) is 0 Å². The summed E-state index contributed by atoms with van der Waals surface area (Å²) in [6, 6.07) is 9.48. The molecule has 1 N–H and O–H groups in total. The average molecular weight is 233 g/mol. The van der Waals surface area contributed by atoms with Gasteiger partial charge in [0.15, 0.2) is 0 Å². The van der Waals surface area contributed by atoms with Crippen LogP contribution in [0.5, 0.6) is 0 Å². The molecular formula is C16H27N. The highest BCUT2D eigenvalue weighted by atomic mass is 14.9. The predicted octanol–water partition coefficient (Wildman–Crippen LogP) is 3.95. The summed E-state index contributed by atoms with van der Waals surface area (Å²) in [7, 11) is 2.08. The summed E-state index contributed by atoms with van der Waals surface area (Å²) in [6.45, 7) is 6.76. The zero-order valence-electron chi connectivity index (χ0n) is 11.8. The monoisotopic (exact) mass is 233 g/mol. The van der Waals surface area contributed by atoms with Gasteiger partial charge in [-0.3, -0.25) is 0 Å². The molecule has 1 atom stereocenters. The quantitative estimate of drug-likeness (QED) is 0.752. The van der Waals surface area contributed by atoms with Gasteiger partial charge in [-0.1, -0.05) is 56.5 Å². The van der Waals surface area contributed by atoms with Crippen LogP contribution in [0.4, 0.5) is 0 Å². The molecule has 0 amide bonds. The molecule has 1 heteroatoms. The molecule has 0 bridgehead atoms. The number of benzene rings is 1. The molecule has 0 spiro atoms. The molecule has 0 fully saturated rings. The summed E-state index contributed by atoms with van der Waals surface area (Å²) < 4.78 is 0. The molecule has 0 aliphatic heterocycles. The van der Waals surface area contributed by atoms with Crippen LogP contribution in [0.15, 0.2) is 24.3 Å². The zero-order chi connectivity index (χ0) is 12.7. The van der Waals surface area contributed by atoms with Gasteiger partial charge in [-0.15, -0.1) is 0 Å². The molecule has 0 aliphatic carbocycles. The first-order chi connectivity index (χ1) is 8.11. The van der Waals surface area contributed by atoms with E-state index >= 15 is 0 Å². The number of nitrogens with one attached hydrogen (secondary N) is 1. The number of aryl methyl sites for hydroxylation is 1. The summed E-state index contributed by atoms with van der Waals surface area (Å²) in [5.41, 5.74) is 2.81. The SMILES string of the molecule is CNC(CCCC(C)C)Cc1cccc(C)c1. The first-order valence-corrected chi connectivity index (χ1v) is 6.84. The summed E-state index contributed by atoms with van der Waals surface area (Å²) in [5.74, 6) is 0.825. The third-order valence-corrected chi connectivity index (χ3v) is 3.31. The van der Waals surface area contributed by atoms with Gasteiger partial charge in [0, 0.05) is 6.04 Å². The van der Waals surface area contributed by atoms with E-state index in [0.717, 1.165) is 12.3 Å². The Morgan fingerprint density at radius 3 is 2.53 bits per heavy atom. The second-order valence-electron chi connectivity index (χ2n) is 5.50. The Labute approximate surface area is 107 Å². The Morgan fingerprint density at radius 2 is 1.94 bits per heavy atom. The maximum atomic E-state index is 3.44. The van der Waals surface area contributed by atoms with Crippen molar-refractivity contribution in [1.29, 1.82) is 0 Å². The van der Waals surface area contributed by atoms with E-state index < -0.39 is 0 Å². The molecule has 96 valence electrons. The van der Waals surface area contributed by atoms with Crippen LogP contribution in [-0.4, -0.2) is 13.1 Å². The van der Waals surface area contributed by atoms with E-state index in [2.05, 4.69) is 57.4 Å². The van der Waals surface area contributed by atoms with E-state index in [1.54, 1.807) is 0 Å². The summed E-state index contributed by atoms with van der Waals surface area (Å²) >= 11 is 0. The number of hydrogen-bond donors (Lipinski definition) is 1. The van der Waals surface area contributed by atoms with E-state index in [-0.39, 0.29) is 0 Å². The highest BCUT2D eigenvalue weighted by molar-refractivity contribution is 5.22. The second kappa shape index (κ2) is 7.50. The predicted molar refractivity (Wildman–Crippen MR) is 76.4 cm³/mol. The molecular weight excluding hydrogens is 206 g/mol. The topological polar surface area (TPSA) is 12.0 Å². The molecule has 0 saturated heterocycles. The number of rotatable bonds is 7. The van der Waals surface area contributed by atoms with Gasteiger partial charge < -0.3 is 5.32 Å². The van der Waals surface area contributed by atoms with E-state index in [1.807, 2.05) is 0 Å². The van der Waals surface area contributed by atoms with Crippen molar-refractivity contribution < 1.29 is 0 Å². The molecule has 0 aromatic heterocycles. The zero-order valence-corrected chi connectivity index (χ0v) is 11.8. The van der Waals surface area contributed by atoms with Crippen LogP contribution < -0.4 is 5.32 Å². The summed E-state index contributed by atoms with van der Waals surface area (Å²) in [4.78, 5) is 0.